The Hall–Kier alpha value is -1.66. The Balaban J connectivity index is 1.91. The Morgan fingerprint density at radius 3 is 2.79 bits per heavy atom. The van der Waals surface area contributed by atoms with E-state index in [1.165, 1.54) is 0 Å². The van der Waals surface area contributed by atoms with Crippen molar-refractivity contribution in [2.45, 2.75) is 46.1 Å². The number of aromatic nitrogens is 2. The van der Waals surface area contributed by atoms with Crippen LogP contribution in [0.5, 0.6) is 0 Å². The van der Waals surface area contributed by atoms with Crippen molar-refractivity contribution in [2.75, 3.05) is 19.6 Å². The molecule has 0 spiro atoms. The second kappa shape index (κ2) is 7.49. The van der Waals surface area contributed by atoms with Gasteiger partial charge in [0.25, 0.3) is 5.91 Å². The lowest BCUT2D eigenvalue weighted by atomic mass is 10.0. The summed E-state index contributed by atoms with van der Waals surface area (Å²) in [5.74, 6) is 0.166. The Morgan fingerprint density at radius 1 is 1.42 bits per heavy atom. The molecule has 0 saturated carbocycles. The molecule has 1 fully saturated rings. The third-order valence-electron chi connectivity index (χ3n) is 4.75. The molecule has 1 saturated heterocycles. The predicted molar refractivity (Wildman–Crippen MR) is 98.1 cm³/mol. The molecule has 0 atom stereocenters. The Bertz CT molecular complexity index is 686. The quantitative estimate of drug-likeness (QED) is 0.905. The molecule has 1 aliphatic heterocycles. The average molecular weight is 347 g/mol. The van der Waals surface area contributed by atoms with Crippen molar-refractivity contribution in [3.05, 3.63) is 34.6 Å². The van der Waals surface area contributed by atoms with Gasteiger partial charge in [-0.05, 0) is 52.3 Å². The lowest BCUT2D eigenvalue weighted by Crippen LogP contribution is -2.46. The minimum atomic E-state index is 0.166. The molecule has 6 heteroatoms. The van der Waals surface area contributed by atoms with E-state index in [9.17, 15) is 4.79 Å². The zero-order valence-electron chi connectivity index (χ0n) is 14.7. The first kappa shape index (κ1) is 17.2. The summed E-state index contributed by atoms with van der Waals surface area (Å²) in [5, 5.41) is 6.28. The predicted octanol–water partition coefficient (Wildman–Crippen LogP) is 3.15. The number of hydrogen-bond acceptors (Lipinski definition) is 4. The fourth-order valence-electron chi connectivity index (χ4n) is 3.56. The summed E-state index contributed by atoms with van der Waals surface area (Å²) >= 11 is 1.59. The molecule has 0 radical (unpaired) electrons. The summed E-state index contributed by atoms with van der Waals surface area (Å²) < 4.78 is 2.09. The first-order chi connectivity index (χ1) is 11.6. The van der Waals surface area contributed by atoms with E-state index in [1.807, 2.05) is 25.3 Å². The van der Waals surface area contributed by atoms with E-state index < -0.39 is 0 Å². The highest BCUT2D eigenvalue weighted by Gasteiger charge is 2.28. The first-order valence-corrected chi connectivity index (χ1v) is 9.62. The lowest BCUT2D eigenvalue weighted by Gasteiger charge is -2.34. The van der Waals surface area contributed by atoms with Gasteiger partial charge in [-0.15, -0.1) is 11.3 Å². The van der Waals surface area contributed by atoms with E-state index in [0.717, 1.165) is 61.0 Å². The largest absolute Gasteiger partial charge is 0.336 e. The van der Waals surface area contributed by atoms with Crippen LogP contribution in [0.4, 0.5) is 0 Å². The number of nitrogens with zero attached hydrogens (tertiary/aromatic N) is 3. The van der Waals surface area contributed by atoms with Gasteiger partial charge in [0.2, 0.25) is 0 Å². The molecule has 5 nitrogen and oxygen atoms in total. The number of thiazole rings is 1. The van der Waals surface area contributed by atoms with Crippen molar-refractivity contribution in [1.29, 1.82) is 0 Å². The van der Waals surface area contributed by atoms with Crippen LogP contribution in [0.3, 0.4) is 0 Å². The molecule has 1 aliphatic rings. The van der Waals surface area contributed by atoms with Crippen molar-refractivity contribution < 1.29 is 4.79 Å². The normalized spacial score (nSPS) is 15.6. The summed E-state index contributed by atoms with van der Waals surface area (Å²) in [6.07, 6.45) is 4.87. The van der Waals surface area contributed by atoms with Gasteiger partial charge in [0.15, 0.2) is 5.13 Å². The molecule has 1 amide bonds. The summed E-state index contributed by atoms with van der Waals surface area (Å²) in [6.45, 7) is 9.02. The molecule has 0 aromatic carbocycles. The number of amides is 1. The molecule has 0 bridgehead atoms. The average Bonchev–Trinajstić information content (AvgIpc) is 3.20. The van der Waals surface area contributed by atoms with Crippen molar-refractivity contribution in [2.24, 2.45) is 0 Å². The van der Waals surface area contributed by atoms with E-state index in [2.05, 4.69) is 26.7 Å². The Morgan fingerprint density at radius 2 is 2.17 bits per heavy atom. The number of nitrogens with one attached hydrogen (secondary N) is 1. The zero-order valence-corrected chi connectivity index (χ0v) is 15.5. The van der Waals surface area contributed by atoms with Crippen LogP contribution in [0.1, 0.15) is 47.9 Å². The van der Waals surface area contributed by atoms with E-state index in [4.69, 9.17) is 0 Å². The summed E-state index contributed by atoms with van der Waals surface area (Å²) in [6, 6.07) is 2.37. The number of aryl methyl sites for hydroxylation is 1. The SMILES string of the molecule is CCCN(C(=O)c1cc(C)n(-c2nccs2)c1C)C1CCNCC1. The third kappa shape index (κ3) is 3.26. The van der Waals surface area contributed by atoms with Crippen LogP contribution in [0.2, 0.25) is 0 Å². The van der Waals surface area contributed by atoms with Crippen LogP contribution < -0.4 is 5.32 Å². The molecule has 0 unspecified atom stereocenters. The summed E-state index contributed by atoms with van der Waals surface area (Å²) in [4.78, 5) is 19.8. The highest BCUT2D eigenvalue weighted by molar-refractivity contribution is 7.12. The maximum atomic E-state index is 13.3. The third-order valence-corrected chi connectivity index (χ3v) is 5.50. The topological polar surface area (TPSA) is 50.2 Å². The van der Waals surface area contributed by atoms with Crippen LogP contribution >= 0.6 is 11.3 Å². The van der Waals surface area contributed by atoms with Gasteiger partial charge in [-0.3, -0.25) is 9.36 Å². The van der Waals surface area contributed by atoms with Crippen LogP contribution in [0.25, 0.3) is 5.13 Å². The smallest absolute Gasteiger partial charge is 0.255 e. The van der Waals surface area contributed by atoms with E-state index in [0.29, 0.717) is 6.04 Å². The molecule has 2 aromatic heterocycles. The molecule has 1 N–H and O–H groups in total. The molecular weight excluding hydrogens is 320 g/mol. The Labute approximate surface area is 147 Å². The monoisotopic (exact) mass is 346 g/mol. The Kier molecular flexibility index (Phi) is 5.36. The maximum absolute atomic E-state index is 13.3. The van der Waals surface area contributed by atoms with Crippen LogP contribution in [0, 0.1) is 13.8 Å². The number of piperidine rings is 1. The van der Waals surface area contributed by atoms with Gasteiger partial charge in [0, 0.05) is 35.6 Å². The first-order valence-electron chi connectivity index (χ1n) is 8.74. The van der Waals surface area contributed by atoms with Gasteiger partial charge in [-0.2, -0.15) is 0 Å². The highest BCUT2D eigenvalue weighted by Crippen LogP contribution is 2.25. The van der Waals surface area contributed by atoms with Gasteiger partial charge in [-0.25, -0.2) is 4.98 Å². The molecule has 130 valence electrons. The van der Waals surface area contributed by atoms with E-state index >= 15 is 0 Å². The van der Waals surface area contributed by atoms with Gasteiger partial charge in [-0.1, -0.05) is 6.92 Å². The summed E-state index contributed by atoms with van der Waals surface area (Å²) in [7, 11) is 0. The standard InChI is InChI=1S/C18H26N4OS/c1-4-10-21(15-5-7-19-8-6-15)17(23)16-12-13(2)22(14(16)3)18-20-9-11-24-18/h9,11-12,15,19H,4-8,10H2,1-3H3. The second-order valence-corrected chi connectivity index (χ2v) is 7.29. The van der Waals surface area contributed by atoms with Crippen LogP contribution in [-0.4, -0.2) is 46.0 Å². The van der Waals surface area contributed by atoms with Crippen molar-refractivity contribution in [3.8, 4) is 5.13 Å². The van der Waals surface area contributed by atoms with E-state index in [1.54, 1.807) is 17.5 Å². The molecule has 0 aliphatic carbocycles. The minimum Gasteiger partial charge on any atom is -0.336 e. The lowest BCUT2D eigenvalue weighted by molar-refractivity contribution is 0.0642. The van der Waals surface area contributed by atoms with Crippen molar-refractivity contribution in [1.82, 2.24) is 19.8 Å². The number of carbonyl (C=O) groups is 1. The molecule has 3 rings (SSSR count). The number of hydrogen-bond donors (Lipinski definition) is 1. The highest BCUT2D eigenvalue weighted by atomic mass is 32.1. The van der Waals surface area contributed by atoms with Gasteiger partial charge in [0.1, 0.15) is 0 Å². The fourth-order valence-corrected chi connectivity index (χ4v) is 4.32. The number of rotatable bonds is 5. The van der Waals surface area contributed by atoms with Crippen LogP contribution in [0.15, 0.2) is 17.6 Å². The fraction of sp³-hybridized carbons (Fsp3) is 0.556. The van der Waals surface area contributed by atoms with Crippen molar-refractivity contribution in [3.63, 3.8) is 0 Å². The van der Waals surface area contributed by atoms with Crippen LogP contribution in [-0.2, 0) is 0 Å². The van der Waals surface area contributed by atoms with Gasteiger partial charge >= 0.3 is 0 Å². The van der Waals surface area contributed by atoms with Gasteiger partial charge in [0.05, 0.1) is 5.56 Å². The molecular formula is C18H26N4OS. The minimum absolute atomic E-state index is 0.166. The van der Waals surface area contributed by atoms with Crippen molar-refractivity contribution >= 4 is 17.2 Å². The molecule has 24 heavy (non-hydrogen) atoms. The maximum Gasteiger partial charge on any atom is 0.255 e. The van der Waals surface area contributed by atoms with E-state index in [-0.39, 0.29) is 5.91 Å². The zero-order chi connectivity index (χ0) is 17.1. The summed E-state index contributed by atoms with van der Waals surface area (Å²) in [5.41, 5.74) is 2.87. The molecule has 2 aromatic rings. The van der Waals surface area contributed by atoms with Gasteiger partial charge < -0.3 is 10.2 Å². The molecule has 3 heterocycles. The number of carbonyl (C=O) groups excluding carboxylic acids is 1. The second-order valence-electron chi connectivity index (χ2n) is 6.41.